The second-order valence-electron chi connectivity index (χ2n) is 4.05. The van der Waals surface area contributed by atoms with Crippen LogP contribution in [0.5, 0.6) is 0 Å². The lowest BCUT2D eigenvalue weighted by atomic mass is 10.0. The molecule has 1 aliphatic carbocycles. The summed E-state index contributed by atoms with van der Waals surface area (Å²) in [5, 5.41) is 0. The highest BCUT2D eigenvalue weighted by Gasteiger charge is 2.24. The number of imidazole rings is 1. The molecule has 2 rings (SSSR count). The normalized spacial score (nSPS) is 21.8. The van der Waals surface area contributed by atoms with Crippen LogP contribution in [0.4, 0.5) is 0 Å². The second kappa shape index (κ2) is 3.95. The molecule has 0 bridgehead atoms. The summed E-state index contributed by atoms with van der Waals surface area (Å²) < 4.78 is 2.03. The van der Waals surface area contributed by atoms with Crippen molar-refractivity contribution < 1.29 is 4.79 Å². The van der Waals surface area contributed by atoms with Gasteiger partial charge in [0, 0.05) is 38.2 Å². The van der Waals surface area contributed by atoms with E-state index in [1.807, 2.05) is 24.0 Å². The van der Waals surface area contributed by atoms with E-state index >= 15 is 0 Å². The molecule has 76 valence electrons. The minimum Gasteiger partial charge on any atom is -0.338 e. The van der Waals surface area contributed by atoms with Crippen LogP contribution in [0.2, 0.25) is 0 Å². The first-order chi connectivity index (χ1) is 6.77. The molecule has 3 heteroatoms. The van der Waals surface area contributed by atoms with Crippen molar-refractivity contribution in [3.05, 3.63) is 18.2 Å². The second-order valence-corrected chi connectivity index (χ2v) is 4.05. The molecule has 0 saturated heterocycles. The van der Waals surface area contributed by atoms with Crippen LogP contribution in [-0.4, -0.2) is 15.3 Å². The molecule has 0 spiro atoms. The highest BCUT2D eigenvalue weighted by atomic mass is 16.1. The molecule has 3 nitrogen and oxygen atoms in total. The van der Waals surface area contributed by atoms with Gasteiger partial charge in [0.15, 0.2) is 0 Å². The van der Waals surface area contributed by atoms with E-state index in [1.54, 1.807) is 0 Å². The highest BCUT2D eigenvalue weighted by molar-refractivity contribution is 5.82. The molecule has 0 amide bonds. The first-order valence-electron chi connectivity index (χ1n) is 5.26. The summed E-state index contributed by atoms with van der Waals surface area (Å²) in [7, 11) is 2.00. The lowest BCUT2D eigenvalue weighted by Gasteiger charge is -2.06. The summed E-state index contributed by atoms with van der Waals surface area (Å²) in [6, 6.07) is 0. The van der Waals surface area contributed by atoms with Crippen LogP contribution in [0.1, 0.15) is 31.5 Å². The Bertz CT molecular complexity index is 330. The molecule has 1 heterocycles. The third-order valence-corrected chi connectivity index (χ3v) is 3.07. The van der Waals surface area contributed by atoms with Crippen LogP contribution in [0.25, 0.3) is 0 Å². The predicted molar refractivity (Wildman–Crippen MR) is 53.9 cm³/mol. The molecule has 1 aromatic heterocycles. The largest absolute Gasteiger partial charge is 0.338 e. The third-order valence-electron chi connectivity index (χ3n) is 3.07. The van der Waals surface area contributed by atoms with Gasteiger partial charge in [-0.25, -0.2) is 4.98 Å². The summed E-state index contributed by atoms with van der Waals surface area (Å²) in [6.45, 7) is 0. The number of hydrogen-bond acceptors (Lipinski definition) is 2. The Hall–Kier alpha value is -1.12. The van der Waals surface area contributed by atoms with Crippen LogP contribution in [0, 0.1) is 5.92 Å². The Morgan fingerprint density at radius 2 is 2.50 bits per heavy atom. The molecule has 1 unspecified atom stereocenters. The molecule has 0 aliphatic heterocycles. The maximum Gasteiger partial charge on any atom is 0.135 e. The molecule has 1 saturated carbocycles. The van der Waals surface area contributed by atoms with Gasteiger partial charge in [-0.15, -0.1) is 0 Å². The molecule has 1 aliphatic rings. The van der Waals surface area contributed by atoms with Gasteiger partial charge in [0.25, 0.3) is 0 Å². The molecule has 0 aromatic carbocycles. The van der Waals surface area contributed by atoms with E-state index in [0.717, 1.165) is 37.9 Å². The lowest BCUT2D eigenvalue weighted by Crippen LogP contribution is -2.09. The fourth-order valence-corrected chi connectivity index (χ4v) is 2.13. The van der Waals surface area contributed by atoms with E-state index in [4.69, 9.17) is 0 Å². The molecular formula is C11H16N2O. The zero-order chi connectivity index (χ0) is 9.97. The fourth-order valence-electron chi connectivity index (χ4n) is 2.13. The Kier molecular flexibility index (Phi) is 2.66. The van der Waals surface area contributed by atoms with Crippen molar-refractivity contribution >= 4 is 5.78 Å². The average molecular weight is 192 g/mol. The molecule has 0 radical (unpaired) electrons. The molecule has 1 atom stereocenters. The van der Waals surface area contributed by atoms with Crippen molar-refractivity contribution in [2.24, 2.45) is 13.0 Å². The minimum atomic E-state index is 0.312. The van der Waals surface area contributed by atoms with Crippen LogP contribution in [0.3, 0.4) is 0 Å². The van der Waals surface area contributed by atoms with E-state index in [2.05, 4.69) is 4.98 Å². The van der Waals surface area contributed by atoms with Gasteiger partial charge in [0.1, 0.15) is 11.6 Å². The molecule has 1 fully saturated rings. The zero-order valence-electron chi connectivity index (χ0n) is 8.57. The summed E-state index contributed by atoms with van der Waals surface area (Å²) >= 11 is 0. The number of carbonyl (C=O) groups is 1. The fraction of sp³-hybridized carbons (Fsp3) is 0.636. The number of rotatable bonds is 3. The van der Waals surface area contributed by atoms with E-state index < -0.39 is 0 Å². The van der Waals surface area contributed by atoms with Crippen LogP contribution < -0.4 is 0 Å². The van der Waals surface area contributed by atoms with Gasteiger partial charge in [-0.2, -0.15) is 0 Å². The molecular weight excluding hydrogens is 176 g/mol. The predicted octanol–water partition coefficient (Wildman–Crippen LogP) is 1.72. The van der Waals surface area contributed by atoms with E-state index in [0.29, 0.717) is 11.7 Å². The number of carbonyl (C=O) groups excluding carboxylic acids is 1. The SMILES string of the molecule is Cn1ccnc1CCC1CCCC1=O. The molecule has 1 aromatic rings. The monoisotopic (exact) mass is 192 g/mol. The third kappa shape index (κ3) is 1.86. The van der Waals surface area contributed by atoms with Crippen molar-refractivity contribution in [1.82, 2.24) is 9.55 Å². The molecule has 14 heavy (non-hydrogen) atoms. The smallest absolute Gasteiger partial charge is 0.135 e. The van der Waals surface area contributed by atoms with Gasteiger partial charge in [0.2, 0.25) is 0 Å². The highest BCUT2D eigenvalue weighted by Crippen LogP contribution is 2.25. The van der Waals surface area contributed by atoms with Crippen molar-refractivity contribution in [3.8, 4) is 0 Å². The maximum absolute atomic E-state index is 11.4. The van der Waals surface area contributed by atoms with Gasteiger partial charge >= 0.3 is 0 Å². The number of aromatic nitrogens is 2. The van der Waals surface area contributed by atoms with Crippen LogP contribution in [0.15, 0.2) is 12.4 Å². The van der Waals surface area contributed by atoms with Crippen molar-refractivity contribution in [3.63, 3.8) is 0 Å². The summed E-state index contributed by atoms with van der Waals surface area (Å²) in [6.07, 6.45) is 8.64. The maximum atomic E-state index is 11.4. The zero-order valence-corrected chi connectivity index (χ0v) is 8.57. The number of Topliss-reactive ketones (excluding diaryl/α,β-unsaturated/α-hetero) is 1. The van der Waals surface area contributed by atoms with Crippen molar-refractivity contribution in [2.75, 3.05) is 0 Å². The first kappa shape index (κ1) is 9.44. The van der Waals surface area contributed by atoms with E-state index in [9.17, 15) is 4.79 Å². The quantitative estimate of drug-likeness (QED) is 0.731. The number of hydrogen-bond donors (Lipinski definition) is 0. The Morgan fingerprint density at radius 3 is 3.07 bits per heavy atom. The number of aryl methyl sites for hydroxylation is 2. The van der Waals surface area contributed by atoms with Crippen LogP contribution >= 0.6 is 0 Å². The Morgan fingerprint density at radius 1 is 1.64 bits per heavy atom. The van der Waals surface area contributed by atoms with Gasteiger partial charge in [-0.05, 0) is 19.3 Å². The number of ketones is 1. The van der Waals surface area contributed by atoms with Gasteiger partial charge in [-0.1, -0.05) is 0 Å². The standard InChI is InChI=1S/C11H16N2O/c1-13-8-7-12-11(13)6-5-9-3-2-4-10(9)14/h7-9H,2-6H2,1H3. The van der Waals surface area contributed by atoms with Gasteiger partial charge in [0.05, 0.1) is 0 Å². The Labute approximate surface area is 84.1 Å². The summed E-state index contributed by atoms with van der Waals surface area (Å²) in [5.41, 5.74) is 0. The van der Waals surface area contributed by atoms with E-state index in [-0.39, 0.29) is 0 Å². The topological polar surface area (TPSA) is 34.9 Å². The van der Waals surface area contributed by atoms with Gasteiger partial charge < -0.3 is 4.57 Å². The lowest BCUT2D eigenvalue weighted by molar-refractivity contribution is -0.120. The van der Waals surface area contributed by atoms with Crippen molar-refractivity contribution in [2.45, 2.75) is 32.1 Å². The Balaban J connectivity index is 1.88. The number of nitrogens with zero attached hydrogens (tertiary/aromatic N) is 2. The van der Waals surface area contributed by atoms with Crippen LogP contribution in [-0.2, 0) is 18.3 Å². The van der Waals surface area contributed by atoms with Gasteiger partial charge in [-0.3, -0.25) is 4.79 Å². The van der Waals surface area contributed by atoms with E-state index in [1.165, 1.54) is 0 Å². The minimum absolute atomic E-state index is 0.312. The van der Waals surface area contributed by atoms with Crippen molar-refractivity contribution in [1.29, 1.82) is 0 Å². The summed E-state index contributed by atoms with van der Waals surface area (Å²) in [4.78, 5) is 15.6. The first-order valence-corrected chi connectivity index (χ1v) is 5.26. The summed E-state index contributed by atoms with van der Waals surface area (Å²) in [5.74, 6) is 1.86. The average Bonchev–Trinajstić information content (AvgIpc) is 2.72. The molecule has 0 N–H and O–H groups in total.